The number of hydrogen-bond acceptors (Lipinski definition) is 2. The fourth-order valence-electron chi connectivity index (χ4n) is 12.2. The second-order valence-electron chi connectivity index (χ2n) is 20.4. The summed E-state index contributed by atoms with van der Waals surface area (Å²) in [7, 11) is 0. The third kappa shape index (κ3) is 7.14. The smallest absolute Gasteiger partial charge is 0.127 e. The van der Waals surface area contributed by atoms with Gasteiger partial charge in [0.15, 0.2) is 0 Å². The van der Waals surface area contributed by atoms with Crippen molar-refractivity contribution in [1.82, 2.24) is 0 Å². The van der Waals surface area contributed by atoms with E-state index in [1.807, 2.05) is 0 Å². The summed E-state index contributed by atoms with van der Waals surface area (Å²) in [6.45, 7) is 11.6. The molecule has 0 amide bonds. The third-order valence-electron chi connectivity index (χ3n) is 16.1. The highest BCUT2D eigenvalue weighted by atomic mass is 16.5. The summed E-state index contributed by atoms with van der Waals surface area (Å²) >= 11 is 0. The second kappa shape index (κ2) is 17.0. The SMILES string of the molecule is CCC(CC(C)c1ccc(Oc2ccc(C3(c4ccc(C)cc4)c4ccccc4-c4ccc(N(c5ccccc5)c5ccc6c(c5)C(C)(C)c5ccccc5-6)cc43)cc2)cc1)c1ccc2c(c1)CC2. The van der Waals surface area contributed by atoms with Gasteiger partial charge in [0.2, 0.25) is 0 Å². The summed E-state index contributed by atoms with van der Waals surface area (Å²) in [5.74, 6) is 2.68. The predicted molar refractivity (Wildman–Crippen MR) is 287 cm³/mol. The Balaban J connectivity index is 0.909. The molecular formula is C67H59NO. The average molecular weight is 894 g/mol. The Kier molecular flexibility index (Phi) is 10.5. The molecule has 3 aliphatic rings. The molecule has 0 aliphatic heterocycles. The van der Waals surface area contributed by atoms with Gasteiger partial charge in [-0.15, -0.1) is 0 Å². The van der Waals surface area contributed by atoms with Gasteiger partial charge in [-0.2, -0.15) is 0 Å². The number of benzene rings is 9. The van der Waals surface area contributed by atoms with Gasteiger partial charge in [-0.25, -0.2) is 0 Å². The van der Waals surface area contributed by atoms with Gasteiger partial charge in [0.1, 0.15) is 11.5 Å². The van der Waals surface area contributed by atoms with Crippen LogP contribution in [0.2, 0.25) is 0 Å². The predicted octanol–water partition coefficient (Wildman–Crippen LogP) is 17.7. The van der Waals surface area contributed by atoms with Gasteiger partial charge in [0.25, 0.3) is 0 Å². The topological polar surface area (TPSA) is 12.5 Å². The average Bonchev–Trinajstić information content (AvgIpc) is 3.79. The lowest BCUT2D eigenvalue weighted by molar-refractivity contribution is 0.481. The van der Waals surface area contributed by atoms with Crippen LogP contribution in [0.25, 0.3) is 22.3 Å². The normalized spacial score (nSPS) is 16.5. The molecule has 2 nitrogen and oxygen atoms in total. The minimum absolute atomic E-state index is 0.121. The fraction of sp³-hybridized carbons (Fsp3) is 0.194. The van der Waals surface area contributed by atoms with Crippen molar-refractivity contribution < 1.29 is 4.74 Å². The van der Waals surface area contributed by atoms with E-state index >= 15 is 0 Å². The summed E-state index contributed by atoms with van der Waals surface area (Å²) < 4.78 is 6.64. The van der Waals surface area contributed by atoms with Gasteiger partial charge in [0.05, 0.1) is 5.41 Å². The van der Waals surface area contributed by atoms with Gasteiger partial charge in [-0.3, -0.25) is 0 Å². The molecule has 0 heterocycles. The first-order chi connectivity index (χ1) is 33.7. The van der Waals surface area contributed by atoms with Crippen molar-refractivity contribution in [2.45, 2.75) is 83.0 Å². The van der Waals surface area contributed by atoms with Crippen molar-refractivity contribution in [3.05, 3.63) is 267 Å². The van der Waals surface area contributed by atoms with Gasteiger partial charge in [0, 0.05) is 22.5 Å². The summed E-state index contributed by atoms with van der Waals surface area (Å²) in [6, 6.07) is 77.1. The zero-order chi connectivity index (χ0) is 46.9. The number of fused-ring (bicyclic) bond motifs is 7. The van der Waals surface area contributed by atoms with Crippen LogP contribution in [-0.4, -0.2) is 0 Å². The molecule has 0 saturated carbocycles. The van der Waals surface area contributed by atoms with Crippen LogP contribution in [0.3, 0.4) is 0 Å². The van der Waals surface area contributed by atoms with E-state index in [-0.39, 0.29) is 5.41 Å². The Morgan fingerprint density at radius 1 is 0.478 bits per heavy atom. The minimum atomic E-state index is -0.590. The maximum absolute atomic E-state index is 6.64. The van der Waals surface area contributed by atoms with Crippen LogP contribution in [0.5, 0.6) is 11.5 Å². The van der Waals surface area contributed by atoms with Gasteiger partial charge in [-0.05, 0) is 183 Å². The van der Waals surface area contributed by atoms with E-state index in [0.717, 1.165) is 41.4 Å². The molecule has 0 aromatic heterocycles. The molecule has 0 fully saturated rings. The zero-order valence-corrected chi connectivity index (χ0v) is 40.5. The van der Waals surface area contributed by atoms with Crippen LogP contribution < -0.4 is 9.64 Å². The second-order valence-corrected chi connectivity index (χ2v) is 20.4. The van der Waals surface area contributed by atoms with Crippen LogP contribution in [0.4, 0.5) is 17.1 Å². The van der Waals surface area contributed by atoms with E-state index in [9.17, 15) is 0 Å². The number of para-hydroxylation sites is 1. The quantitative estimate of drug-likeness (QED) is 0.121. The van der Waals surface area contributed by atoms with E-state index < -0.39 is 5.41 Å². The van der Waals surface area contributed by atoms with Gasteiger partial charge in [-0.1, -0.05) is 179 Å². The van der Waals surface area contributed by atoms with Crippen LogP contribution in [0, 0.1) is 6.92 Å². The van der Waals surface area contributed by atoms with Crippen LogP contribution >= 0.6 is 0 Å². The summed E-state index contributed by atoms with van der Waals surface area (Å²) in [6.07, 6.45) is 4.76. The van der Waals surface area contributed by atoms with E-state index in [1.54, 1.807) is 5.56 Å². The molecule has 0 saturated heterocycles. The molecule has 3 aliphatic carbocycles. The molecule has 0 radical (unpaired) electrons. The first-order valence-electron chi connectivity index (χ1n) is 25.1. The van der Waals surface area contributed by atoms with E-state index in [4.69, 9.17) is 4.74 Å². The first kappa shape index (κ1) is 42.9. The molecule has 0 spiro atoms. The van der Waals surface area contributed by atoms with Gasteiger partial charge >= 0.3 is 0 Å². The number of rotatable bonds is 12. The highest BCUT2D eigenvalue weighted by molar-refractivity contribution is 5.91. The molecule has 3 atom stereocenters. The van der Waals surface area contributed by atoms with E-state index in [0.29, 0.717) is 11.8 Å². The lowest BCUT2D eigenvalue weighted by Gasteiger charge is -2.35. The van der Waals surface area contributed by atoms with E-state index in [1.165, 1.54) is 90.7 Å². The zero-order valence-electron chi connectivity index (χ0n) is 40.5. The highest BCUT2D eigenvalue weighted by Crippen LogP contribution is 2.58. The first-order valence-corrected chi connectivity index (χ1v) is 25.1. The molecule has 338 valence electrons. The number of hydrogen-bond donors (Lipinski definition) is 0. The van der Waals surface area contributed by atoms with Crippen molar-refractivity contribution in [1.29, 1.82) is 0 Å². The summed E-state index contributed by atoms with van der Waals surface area (Å²) in [5, 5.41) is 0. The molecule has 0 N–H and O–H groups in total. The standard InChI is InChI=1S/C67H59NO/c1-6-46(49-24-22-48-23-25-50(48)41-49)40-45(3)47-26-34-56(35-27-47)69-57-36-30-52(31-37-57)67(51-28-20-44(2)21-29-51)63-19-13-11-17-59(63)61-39-33-55(43-65(61)67)68(53-14-8-7-9-15-53)54-32-38-60-58-16-10-12-18-62(58)66(4,5)64(60)42-54/h7-22,24,26-39,41-43,45-46H,6,23,25,40H2,1-5H3. The van der Waals surface area contributed by atoms with Crippen molar-refractivity contribution in [2.75, 3.05) is 4.90 Å². The largest absolute Gasteiger partial charge is 0.457 e. The molecule has 3 unspecified atom stereocenters. The van der Waals surface area contributed by atoms with E-state index in [2.05, 4.69) is 246 Å². The summed E-state index contributed by atoms with van der Waals surface area (Å²) in [5.41, 5.74) is 22.8. The molecule has 0 bridgehead atoms. The molecule has 9 aromatic carbocycles. The van der Waals surface area contributed by atoms with Crippen molar-refractivity contribution in [3.8, 4) is 33.8 Å². The van der Waals surface area contributed by atoms with Crippen LogP contribution in [0.15, 0.2) is 206 Å². The Morgan fingerprint density at radius 3 is 1.65 bits per heavy atom. The number of anilines is 3. The van der Waals surface area contributed by atoms with Gasteiger partial charge < -0.3 is 9.64 Å². The maximum Gasteiger partial charge on any atom is 0.127 e. The number of nitrogens with zero attached hydrogens (tertiary/aromatic N) is 1. The third-order valence-corrected chi connectivity index (χ3v) is 16.1. The monoisotopic (exact) mass is 893 g/mol. The fourth-order valence-corrected chi connectivity index (χ4v) is 12.2. The number of ether oxygens (including phenoxy) is 1. The molecule has 2 heteroatoms. The minimum Gasteiger partial charge on any atom is -0.457 e. The van der Waals surface area contributed by atoms with Crippen molar-refractivity contribution in [3.63, 3.8) is 0 Å². The lowest BCUT2D eigenvalue weighted by atomic mass is 9.67. The summed E-state index contributed by atoms with van der Waals surface area (Å²) in [4.78, 5) is 2.45. The molecule has 69 heavy (non-hydrogen) atoms. The maximum atomic E-state index is 6.64. The number of aryl methyl sites for hydroxylation is 3. The Morgan fingerprint density at radius 2 is 1.01 bits per heavy atom. The molecular weight excluding hydrogens is 835 g/mol. The Hall–Kier alpha value is -7.42. The molecule has 9 aromatic rings. The highest BCUT2D eigenvalue weighted by Gasteiger charge is 2.46. The van der Waals surface area contributed by atoms with Crippen LogP contribution in [0.1, 0.15) is 114 Å². The molecule has 12 rings (SSSR count). The lowest BCUT2D eigenvalue weighted by Crippen LogP contribution is -2.28. The Bertz CT molecular complexity index is 3360. The Labute approximate surface area is 408 Å². The van der Waals surface area contributed by atoms with Crippen molar-refractivity contribution >= 4 is 17.1 Å². The van der Waals surface area contributed by atoms with Crippen LogP contribution in [-0.2, 0) is 23.7 Å². The van der Waals surface area contributed by atoms with Crippen molar-refractivity contribution in [2.24, 2.45) is 0 Å².